The van der Waals surface area contributed by atoms with Crippen molar-refractivity contribution < 1.29 is 23.9 Å². The summed E-state index contributed by atoms with van der Waals surface area (Å²) in [6.45, 7) is 4.89. The van der Waals surface area contributed by atoms with E-state index in [0.29, 0.717) is 36.6 Å². The zero-order chi connectivity index (χ0) is 24.2. The molecule has 0 atom stereocenters. The molecule has 0 fully saturated rings. The van der Waals surface area contributed by atoms with E-state index in [2.05, 4.69) is 5.32 Å². The number of hydrogen-bond donors (Lipinski definition) is 3. The molecular weight excluding hydrogens is 424 g/mol. The predicted octanol–water partition coefficient (Wildman–Crippen LogP) is 2.08. The number of amides is 2. The molecule has 0 aromatic heterocycles. The molecule has 176 valence electrons. The van der Waals surface area contributed by atoms with Gasteiger partial charge in [-0.05, 0) is 37.6 Å². The van der Waals surface area contributed by atoms with Crippen LogP contribution in [-0.4, -0.2) is 54.8 Å². The van der Waals surface area contributed by atoms with Gasteiger partial charge in [0.25, 0.3) is 11.8 Å². The maximum atomic E-state index is 12.4. The number of benzene rings is 2. The van der Waals surface area contributed by atoms with E-state index in [1.165, 1.54) is 0 Å². The van der Waals surface area contributed by atoms with Gasteiger partial charge in [0.1, 0.15) is 18.2 Å². The van der Waals surface area contributed by atoms with Gasteiger partial charge in [0.15, 0.2) is 6.61 Å². The van der Waals surface area contributed by atoms with Crippen LogP contribution in [0.3, 0.4) is 0 Å². The maximum Gasteiger partial charge on any atom is 0.308 e. The molecule has 0 heterocycles. The Morgan fingerprint density at radius 3 is 2.36 bits per heavy atom. The van der Waals surface area contributed by atoms with Crippen LogP contribution in [0.25, 0.3) is 0 Å². The molecule has 9 heteroatoms. The van der Waals surface area contributed by atoms with Crippen LogP contribution in [0.2, 0.25) is 0 Å². The van der Waals surface area contributed by atoms with Gasteiger partial charge in [-0.25, -0.2) is 0 Å². The average molecular weight is 455 g/mol. The second kappa shape index (κ2) is 12.8. The van der Waals surface area contributed by atoms with Crippen LogP contribution in [0, 0.1) is 5.41 Å². The summed E-state index contributed by atoms with van der Waals surface area (Å²) in [5.74, 6) is -0.624. The molecule has 0 bridgehead atoms. The zero-order valence-corrected chi connectivity index (χ0v) is 18.9. The summed E-state index contributed by atoms with van der Waals surface area (Å²) < 4.78 is 10.7. The molecule has 0 unspecified atom stereocenters. The van der Waals surface area contributed by atoms with Crippen LogP contribution < -0.4 is 15.8 Å². The molecule has 33 heavy (non-hydrogen) atoms. The van der Waals surface area contributed by atoms with E-state index in [1.54, 1.807) is 41.3 Å². The predicted molar refractivity (Wildman–Crippen MR) is 124 cm³/mol. The van der Waals surface area contributed by atoms with Gasteiger partial charge in [-0.3, -0.25) is 19.8 Å². The minimum Gasteiger partial charge on any atom is -0.489 e. The van der Waals surface area contributed by atoms with E-state index in [9.17, 15) is 14.4 Å². The van der Waals surface area contributed by atoms with E-state index in [4.69, 9.17) is 20.6 Å². The van der Waals surface area contributed by atoms with Gasteiger partial charge >= 0.3 is 5.97 Å². The lowest BCUT2D eigenvalue weighted by molar-refractivity contribution is -0.151. The van der Waals surface area contributed by atoms with Gasteiger partial charge in [0, 0.05) is 30.8 Å². The van der Waals surface area contributed by atoms with Crippen molar-refractivity contribution in [2.75, 3.05) is 26.2 Å². The average Bonchev–Trinajstić information content (AvgIpc) is 2.82. The molecule has 0 radical (unpaired) electrons. The first-order valence-electron chi connectivity index (χ1n) is 10.7. The van der Waals surface area contributed by atoms with Gasteiger partial charge in [0.2, 0.25) is 0 Å². The van der Waals surface area contributed by atoms with Gasteiger partial charge in [-0.15, -0.1) is 0 Å². The van der Waals surface area contributed by atoms with Crippen LogP contribution in [0.1, 0.15) is 41.8 Å². The van der Waals surface area contributed by atoms with E-state index in [0.717, 1.165) is 5.56 Å². The normalized spacial score (nSPS) is 10.2. The van der Waals surface area contributed by atoms with Crippen LogP contribution in [0.15, 0.2) is 48.5 Å². The lowest BCUT2D eigenvalue weighted by atomic mass is 10.1. The Balaban J connectivity index is 1.77. The summed E-state index contributed by atoms with van der Waals surface area (Å²) in [7, 11) is 0. The van der Waals surface area contributed by atoms with Crippen molar-refractivity contribution in [3.8, 4) is 5.75 Å². The SMILES string of the molecule is CCN(CC)C(=O)COC(=O)CCNC(=O)c1cccc(OCc2ccc(C(=N)N)cc2)c1. The minimum atomic E-state index is -0.552. The number of nitrogen functional groups attached to an aromatic ring is 1. The quantitative estimate of drug-likeness (QED) is 0.255. The second-order valence-electron chi connectivity index (χ2n) is 7.16. The summed E-state index contributed by atoms with van der Waals surface area (Å²) in [5.41, 5.74) is 7.37. The topological polar surface area (TPSA) is 135 Å². The molecule has 2 aromatic rings. The lowest BCUT2D eigenvalue weighted by Crippen LogP contribution is -2.34. The highest BCUT2D eigenvalue weighted by Crippen LogP contribution is 2.15. The third kappa shape index (κ3) is 8.29. The summed E-state index contributed by atoms with van der Waals surface area (Å²) in [5, 5.41) is 10.1. The highest BCUT2D eigenvalue weighted by Gasteiger charge is 2.13. The largest absolute Gasteiger partial charge is 0.489 e. The highest BCUT2D eigenvalue weighted by molar-refractivity contribution is 5.95. The van der Waals surface area contributed by atoms with Crippen molar-refractivity contribution in [2.45, 2.75) is 26.9 Å². The molecule has 9 nitrogen and oxygen atoms in total. The molecule has 0 aliphatic carbocycles. The van der Waals surface area contributed by atoms with Gasteiger partial charge in [-0.1, -0.05) is 30.3 Å². The number of carbonyl (C=O) groups is 3. The van der Waals surface area contributed by atoms with Crippen LogP contribution in [0.4, 0.5) is 0 Å². The summed E-state index contributed by atoms with van der Waals surface area (Å²) >= 11 is 0. The first-order chi connectivity index (χ1) is 15.8. The van der Waals surface area contributed by atoms with E-state index in [1.807, 2.05) is 26.0 Å². The fourth-order valence-electron chi connectivity index (χ4n) is 2.94. The highest BCUT2D eigenvalue weighted by atomic mass is 16.5. The number of nitrogens with one attached hydrogen (secondary N) is 2. The van der Waals surface area contributed by atoms with Crippen LogP contribution >= 0.6 is 0 Å². The number of likely N-dealkylation sites (N-methyl/N-ethyl adjacent to an activating group) is 1. The number of hydrogen-bond acceptors (Lipinski definition) is 6. The minimum absolute atomic E-state index is 0.00237. The Hall–Kier alpha value is -3.88. The van der Waals surface area contributed by atoms with Crippen molar-refractivity contribution >= 4 is 23.6 Å². The number of nitrogens with two attached hydrogens (primary N) is 1. The fraction of sp³-hybridized carbons (Fsp3) is 0.333. The van der Waals surface area contributed by atoms with Gasteiger partial charge in [-0.2, -0.15) is 0 Å². The molecule has 0 saturated heterocycles. The Kier molecular flexibility index (Phi) is 9.88. The van der Waals surface area contributed by atoms with Crippen molar-refractivity contribution in [1.29, 1.82) is 5.41 Å². The molecule has 4 N–H and O–H groups in total. The molecular formula is C24H30N4O5. The van der Waals surface area contributed by atoms with Gasteiger partial charge < -0.3 is 25.4 Å². The third-order valence-electron chi connectivity index (χ3n) is 4.85. The monoisotopic (exact) mass is 454 g/mol. The number of amidine groups is 1. The molecule has 0 spiro atoms. The van der Waals surface area contributed by atoms with E-state index in [-0.39, 0.29) is 37.2 Å². The smallest absolute Gasteiger partial charge is 0.308 e. The maximum absolute atomic E-state index is 12.4. The Morgan fingerprint density at radius 1 is 1.03 bits per heavy atom. The number of ether oxygens (including phenoxy) is 2. The Morgan fingerprint density at radius 2 is 1.73 bits per heavy atom. The number of esters is 1. The number of nitrogens with zero attached hydrogens (tertiary/aromatic N) is 1. The van der Waals surface area contributed by atoms with Crippen molar-refractivity contribution in [2.24, 2.45) is 5.73 Å². The van der Waals surface area contributed by atoms with Crippen molar-refractivity contribution in [1.82, 2.24) is 10.2 Å². The fourth-order valence-corrected chi connectivity index (χ4v) is 2.94. The molecule has 0 aliphatic rings. The van der Waals surface area contributed by atoms with Crippen molar-refractivity contribution in [3.05, 3.63) is 65.2 Å². The van der Waals surface area contributed by atoms with Gasteiger partial charge in [0.05, 0.1) is 6.42 Å². The van der Waals surface area contributed by atoms with Crippen LogP contribution in [-0.2, 0) is 20.9 Å². The standard InChI is InChI=1S/C24H30N4O5/c1-3-28(4-2)21(29)16-33-22(30)12-13-27-24(31)19-6-5-7-20(14-19)32-15-17-8-10-18(11-9-17)23(25)26/h5-11,14H,3-4,12-13,15-16H2,1-2H3,(H3,25,26)(H,27,31). The lowest BCUT2D eigenvalue weighted by Gasteiger charge is -2.18. The van der Waals surface area contributed by atoms with E-state index < -0.39 is 5.97 Å². The van der Waals surface area contributed by atoms with Crippen molar-refractivity contribution in [3.63, 3.8) is 0 Å². The number of rotatable bonds is 12. The Bertz CT molecular complexity index is 971. The molecule has 2 amide bonds. The summed E-state index contributed by atoms with van der Waals surface area (Å²) in [6.07, 6.45) is -0.0380. The molecule has 2 aromatic carbocycles. The molecule has 0 aliphatic heterocycles. The summed E-state index contributed by atoms with van der Waals surface area (Å²) in [4.78, 5) is 37.6. The Labute approximate surface area is 193 Å². The second-order valence-corrected chi connectivity index (χ2v) is 7.16. The third-order valence-corrected chi connectivity index (χ3v) is 4.85. The molecule has 0 saturated carbocycles. The first-order valence-corrected chi connectivity index (χ1v) is 10.7. The molecule has 2 rings (SSSR count). The number of carbonyl (C=O) groups excluding carboxylic acids is 3. The zero-order valence-electron chi connectivity index (χ0n) is 18.9. The van der Waals surface area contributed by atoms with Crippen LogP contribution in [0.5, 0.6) is 5.75 Å². The van der Waals surface area contributed by atoms with E-state index >= 15 is 0 Å². The first kappa shape index (κ1) is 25.4. The summed E-state index contributed by atoms with van der Waals surface area (Å²) in [6, 6.07) is 13.8.